The Morgan fingerprint density at radius 1 is 0.882 bits per heavy atom. The summed E-state index contributed by atoms with van der Waals surface area (Å²) in [7, 11) is 0. The van der Waals surface area contributed by atoms with Gasteiger partial charge in [0.2, 0.25) is 23.6 Å². The zero-order valence-electron chi connectivity index (χ0n) is 18.5. The lowest BCUT2D eigenvalue weighted by Gasteiger charge is -2.24. The zero-order chi connectivity index (χ0) is 25.8. The highest BCUT2D eigenvalue weighted by atomic mass is 16.4. The van der Waals surface area contributed by atoms with E-state index in [0.717, 1.165) is 5.56 Å². The molecule has 13 nitrogen and oxygen atoms in total. The molecule has 0 saturated carbocycles. The van der Waals surface area contributed by atoms with Crippen LogP contribution in [-0.2, 0) is 35.2 Å². The number of nitrogens with one attached hydrogen (secondary N) is 3. The molecule has 1 rings (SSSR count). The van der Waals surface area contributed by atoms with Crippen LogP contribution in [0.3, 0.4) is 0 Å². The van der Waals surface area contributed by atoms with Gasteiger partial charge in [-0.25, -0.2) is 0 Å². The Bertz CT molecular complexity index is 908. The molecule has 13 heteroatoms. The first-order chi connectivity index (χ1) is 15.9. The van der Waals surface area contributed by atoms with E-state index in [1.807, 2.05) is 0 Å². The van der Waals surface area contributed by atoms with Crippen LogP contribution in [-0.4, -0.2) is 69.9 Å². The van der Waals surface area contributed by atoms with Crippen molar-refractivity contribution in [3.63, 3.8) is 0 Å². The third kappa shape index (κ3) is 10.1. The molecule has 1 aromatic rings. The normalized spacial score (nSPS) is 14.1. The molecule has 0 bridgehead atoms. The fraction of sp³-hybridized carbons (Fsp3) is 0.429. The fourth-order valence-corrected chi connectivity index (χ4v) is 2.83. The Morgan fingerprint density at radius 3 is 1.97 bits per heavy atom. The summed E-state index contributed by atoms with van der Waals surface area (Å²) in [6.45, 7) is 1.19. The minimum atomic E-state index is -1.59. The van der Waals surface area contributed by atoms with E-state index in [1.54, 1.807) is 30.3 Å². The third-order valence-corrected chi connectivity index (χ3v) is 4.69. The molecule has 0 spiro atoms. The number of carbonyl (C=O) groups is 6. The quantitative estimate of drug-likeness (QED) is 0.154. The average Bonchev–Trinajstić information content (AvgIpc) is 2.75. The van der Waals surface area contributed by atoms with Crippen molar-refractivity contribution < 1.29 is 39.0 Å². The summed E-state index contributed by atoms with van der Waals surface area (Å²) >= 11 is 0. The summed E-state index contributed by atoms with van der Waals surface area (Å²) in [5, 5.41) is 24.8. The van der Waals surface area contributed by atoms with Gasteiger partial charge in [-0.2, -0.15) is 0 Å². The largest absolute Gasteiger partial charge is 0.481 e. The molecule has 0 aliphatic heterocycles. The van der Waals surface area contributed by atoms with Crippen molar-refractivity contribution >= 4 is 35.6 Å². The summed E-state index contributed by atoms with van der Waals surface area (Å²) in [6, 6.07) is 3.39. The first-order valence-electron chi connectivity index (χ1n) is 10.3. The van der Waals surface area contributed by atoms with E-state index in [0.29, 0.717) is 0 Å². The number of nitrogens with two attached hydrogens (primary N) is 2. The van der Waals surface area contributed by atoms with Crippen molar-refractivity contribution in [2.75, 3.05) is 0 Å². The van der Waals surface area contributed by atoms with Gasteiger partial charge in [0, 0.05) is 6.42 Å². The van der Waals surface area contributed by atoms with Gasteiger partial charge in [0.1, 0.15) is 18.1 Å². The fourth-order valence-electron chi connectivity index (χ4n) is 2.83. The van der Waals surface area contributed by atoms with E-state index in [1.165, 1.54) is 6.92 Å². The molecule has 9 N–H and O–H groups in total. The Balaban J connectivity index is 2.93. The van der Waals surface area contributed by atoms with Crippen molar-refractivity contribution in [2.24, 2.45) is 11.5 Å². The van der Waals surface area contributed by atoms with Crippen molar-refractivity contribution in [1.82, 2.24) is 16.0 Å². The summed E-state index contributed by atoms with van der Waals surface area (Å²) in [5.41, 5.74) is 11.7. The molecule has 186 valence electrons. The highest BCUT2D eigenvalue weighted by Gasteiger charge is 2.30. The van der Waals surface area contributed by atoms with Crippen molar-refractivity contribution in [3.8, 4) is 0 Å². The number of aliphatic carboxylic acids is 2. The predicted molar refractivity (Wildman–Crippen MR) is 118 cm³/mol. The molecule has 1 aromatic carbocycles. The maximum Gasteiger partial charge on any atom is 0.325 e. The second-order valence-corrected chi connectivity index (χ2v) is 7.59. The van der Waals surface area contributed by atoms with Crippen LogP contribution in [0.4, 0.5) is 0 Å². The molecule has 0 radical (unpaired) electrons. The Hall–Kier alpha value is -4.00. The SMILES string of the molecule is CC(NC(=O)C(CCC(N)=O)NC(=O)C(CC(=O)O)NC(=O)C(N)Cc1ccccc1)C(=O)O. The minimum absolute atomic E-state index is 0.130. The molecule has 4 unspecified atom stereocenters. The van der Waals surface area contributed by atoms with E-state index in [4.69, 9.17) is 21.7 Å². The van der Waals surface area contributed by atoms with Gasteiger partial charge >= 0.3 is 11.9 Å². The Labute approximate surface area is 195 Å². The summed E-state index contributed by atoms with van der Waals surface area (Å²) in [6.07, 6.45) is -1.28. The van der Waals surface area contributed by atoms with E-state index >= 15 is 0 Å². The molecule has 0 aliphatic carbocycles. The van der Waals surface area contributed by atoms with Crippen molar-refractivity contribution in [3.05, 3.63) is 35.9 Å². The van der Waals surface area contributed by atoms with Crippen LogP contribution in [0, 0.1) is 0 Å². The predicted octanol–water partition coefficient (Wildman–Crippen LogP) is -2.14. The van der Waals surface area contributed by atoms with Crippen LogP contribution in [0.25, 0.3) is 0 Å². The van der Waals surface area contributed by atoms with Crippen LogP contribution in [0.15, 0.2) is 30.3 Å². The Kier molecular flexibility index (Phi) is 11.2. The number of carbonyl (C=O) groups excluding carboxylic acids is 4. The molecule has 0 saturated heterocycles. The molecule has 0 aromatic heterocycles. The maximum atomic E-state index is 12.7. The number of amides is 4. The highest BCUT2D eigenvalue weighted by molar-refractivity contribution is 5.95. The molecule has 34 heavy (non-hydrogen) atoms. The average molecular weight is 479 g/mol. The first kappa shape index (κ1) is 28.0. The van der Waals surface area contributed by atoms with E-state index in [2.05, 4.69) is 16.0 Å². The van der Waals surface area contributed by atoms with Gasteiger partial charge in [0.25, 0.3) is 0 Å². The van der Waals surface area contributed by atoms with Gasteiger partial charge in [-0.15, -0.1) is 0 Å². The van der Waals surface area contributed by atoms with Crippen LogP contribution < -0.4 is 27.4 Å². The highest BCUT2D eigenvalue weighted by Crippen LogP contribution is 2.05. The number of hydrogen-bond acceptors (Lipinski definition) is 7. The number of hydrogen-bond donors (Lipinski definition) is 7. The van der Waals surface area contributed by atoms with Gasteiger partial charge < -0.3 is 37.6 Å². The second-order valence-electron chi connectivity index (χ2n) is 7.59. The van der Waals surface area contributed by atoms with Gasteiger partial charge in [-0.1, -0.05) is 30.3 Å². The second kappa shape index (κ2) is 13.5. The van der Waals surface area contributed by atoms with E-state index < -0.39 is 66.2 Å². The summed E-state index contributed by atoms with van der Waals surface area (Å²) < 4.78 is 0. The number of primary amides is 1. The molecule has 0 fully saturated rings. The lowest BCUT2D eigenvalue weighted by atomic mass is 10.0. The minimum Gasteiger partial charge on any atom is -0.481 e. The molecule has 0 aliphatic rings. The molecular formula is C21H29N5O8. The lowest BCUT2D eigenvalue weighted by Crippen LogP contribution is -2.57. The molecular weight excluding hydrogens is 450 g/mol. The summed E-state index contributed by atoms with van der Waals surface area (Å²) in [5.74, 6) is -6.27. The van der Waals surface area contributed by atoms with Crippen molar-refractivity contribution in [2.45, 2.75) is 56.8 Å². The molecule has 0 heterocycles. The number of rotatable bonds is 14. The van der Waals surface area contributed by atoms with Gasteiger partial charge in [-0.05, 0) is 25.3 Å². The topological polar surface area (TPSA) is 231 Å². The van der Waals surface area contributed by atoms with Gasteiger partial charge in [0.05, 0.1) is 12.5 Å². The zero-order valence-corrected chi connectivity index (χ0v) is 18.5. The summed E-state index contributed by atoms with van der Waals surface area (Å²) in [4.78, 5) is 71.0. The van der Waals surface area contributed by atoms with E-state index in [9.17, 15) is 28.8 Å². The number of carboxylic acids is 2. The first-order valence-corrected chi connectivity index (χ1v) is 10.3. The van der Waals surface area contributed by atoms with Crippen LogP contribution >= 0.6 is 0 Å². The van der Waals surface area contributed by atoms with E-state index in [-0.39, 0.29) is 19.3 Å². The monoisotopic (exact) mass is 479 g/mol. The van der Waals surface area contributed by atoms with Crippen molar-refractivity contribution in [1.29, 1.82) is 0 Å². The third-order valence-electron chi connectivity index (χ3n) is 4.69. The smallest absolute Gasteiger partial charge is 0.325 e. The van der Waals surface area contributed by atoms with Gasteiger partial charge in [-0.3, -0.25) is 28.8 Å². The van der Waals surface area contributed by atoms with Crippen LogP contribution in [0.1, 0.15) is 31.7 Å². The van der Waals surface area contributed by atoms with Crippen LogP contribution in [0.2, 0.25) is 0 Å². The van der Waals surface area contributed by atoms with Crippen LogP contribution in [0.5, 0.6) is 0 Å². The molecule has 4 amide bonds. The molecule has 4 atom stereocenters. The Morgan fingerprint density at radius 2 is 1.44 bits per heavy atom. The number of benzene rings is 1. The van der Waals surface area contributed by atoms with Gasteiger partial charge in [0.15, 0.2) is 0 Å². The lowest BCUT2D eigenvalue weighted by molar-refractivity contribution is -0.143. The number of carboxylic acid groups (broad SMARTS) is 2. The standard InChI is InChI=1S/C21H29N5O8/c1-11(21(33)34)24-19(31)14(7-8-16(23)27)25-20(32)15(10-17(28)29)26-18(30)13(22)9-12-5-3-2-4-6-12/h2-6,11,13-15H,7-10,22H2,1H3,(H2,23,27)(H,24,31)(H,25,32)(H,26,30)(H,28,29)(H,33,34). The maximum absolute atomic E-state index is 12.7.